The zero-order valence-electron chi connectivity index (χ0n) is 13.4. The minimum atomic E-state index is -0.418. The van der Waals surface area contributed by atoms with Gasteiger partial charge in [0.1, 0.15) is 0 Å². The highest BCUT2D eigenvalue weighted by Gasteiger charge is 2.10. The van der Waals surface area contributed by atoms with Gasteiger partial charge in [-0.15, -0.1) is 17.9 Å². The van der Waals surface area contributed by atoms with Gasteiger partial charge in [-0.2, -0.15) is 0 Å². The molecule has 0 aliphatic carbocycles. The molecule has 0 saturated heterocycles. The van der Waals surface area contributed by atoms with E-state index in [1.165, 1.54) is 23.5 Å². The number of thiazole rings is 1. The highest BCUT2D eigenvalue weighted by Crippen LogP contribution is 2.28. The largest absolute Gasteiger partial charge is 0.313 e. The van der Waals surface area contributed by atoms with Crippen molar-refractivity contribution in [2.45, 2.75) is 6.54 Å². The van der Waals surface area contributed by atoms with Crippen molar-refractivity contribution in [3.8, 4) is 11.3 Å². The van der Waals surface area contributed by atoms with Crippen LogP contribution in [0.15, 0.2) is 65.5 Å². The molecule has 0 atom stereocenters. The van der Waals surface area contributed by atoms with Gasteiger partial charge in [-0.25, -0.2) is 4.99 Å². The SMILES string of the molecule is C=CCn1c(-c2ccc([N+](=O)[O-])cc2)csc1=Nc1ccc(Cl)cc1Cl. The van der Waals surface area contributed by atoms with E-state index in [4.69, 9.17) is 23.2 Å². The predicted molar refractivity (Wildman–Crippen MR) is 106 cm³/mol. The second kappa shape index (κ2) is 7.86. The summed E-state index contributed by atoms with van der Waals surface area (Å²) in [6.45, 7) is 4.34. The maximum atomic E-state index is 10.8. The number of benzene rings is 2. The number of halogens is 2. The zero-order chi connectivity index (χ0) is 18.7. The lowest BCUT2D eigenvalue weighted by atomic mass is 10.1. The first kappa shape index (κ1) is 18.4. The number of nitro benzene ring substituents is 1. The Bertz CT molecular complexity index is 1040. The quantitative estimate of drug-likeness (QED) is 0.303. The number of nitrogens with zero attached hydrogens (tertiary/aromatic N) is 3. The molecule has 26 heavy (non-hydrogen) atoms. The molecular weight excluding hydrogens is 393 g/mol. The van der Waals surface area contributed by atoms with Gasteiger partial charge < -0.3 is 4.57 Å². The van der Waals surface area contributed by atoms with E-state index in [0.29, 0.717) is 22.3 Å². The Kier molecular flexibility index (Phi) is 5.56. The molecule has 0 amide bonds. The Morgan fingerprint density at radius 2 is 1.96 bits per heavy atom. The van der Waals surface area contributed by atoms with Crippen LogP contribution in [0.25, 0.3) is 11.3 Å². The molecule has 0 saturated carbocycles. The lowest BCUT2D eigenvalue weighted by Crippen LogP contribution is -2.14. The summed E-state index contributed by atoms with van der Waals surface area (Å²) >= 11 is 13.6. The first-order valence-electron chi connectivity index (χ1n) is 7.53. The normalized spacial score (nSPS) is 11.5. The maximum Gasteiger partial charge on any atom is 0.269 e. The monoisotopic (exact) mass is 405 g/mol. The minimum Gasteiger partial charge on any atom is -0.313 e. The van der Waals surface area contributed by atoms with Gasteiger partial charge in [-0.1, -0.05) is 29.3 Å². The summed E-state index contributed by atoms with van der Waals surface area (Å²) in [4.78, 5) is 15.8. The van der Waals surface area contributed by atoms with Crippen molar-refractivity contribution in [3.05, 3.63) is 85.5 Å². The second-order valence-corrected chi connectivity index (χ2v) is 6.99. The van der Waals surface area contributed by atoms with Crippen molar-refractivity contribution in [1.82, 2.24) is 4.57 Å². The fraction of sp³-hybridized carbons (Fsp3) is 0.0556. The molecule has 0 aliphatic heterocycles. The molecule has 0 N–H and O–H groups in total. The first-order chi connectivity index (χ1) is 12.5. The van der Waals surface area contributed by atoms with Gasteiger partial charge in [0.15, 0.2) is 4.80 Å². The van der Waals surface area contributed by atoms with Crippen molar-refractivity contribution < 1.29 is 4.92 Å². The van der Waals surface area contributed by atoms with Crippen LogP contribution < -0.4 is 4.80 Å². The summed E-state index contributed by atoms with van der Waals surface area (Å²) in [5.41, 5.74) is 2.43. The van der Waals surface area contributed by atoms with E-state index < -0.39 is 4.92 Å². The van der Waals surface area contributed by atoms with E-state index in [2.05, 4.69) is 11.6 Å². The Labute approximate surface area is 163 Å². The van der Waals surface area contributed by atoms with E-state index in [1.807, 2.05) is 9.95 Å². The second-order valence-electron chi connectivity index (χ2n) is 5.31. The molecule has 5 nitrogen and oxygen atoms in total. The number of rotatable bonds is 5. The van der Waals surface area contributed by atoms with Crippen LogP contribution in [0.4, 0.5) is 11.4 Å². The molecule has 132 valence electrons. The Morgan fingerprint density at radius 3 is 2.58 bits per heavy atom. The van der Waals surface area contributed by atoms with Crippen molar-refractivity contribution in [3.63, 3.8) is 0 Å². The molecule has 2 aromatic carbocycles. The van der Waals surface area contributed by atoms with Crippen LogP contribution in [0, 0.1) is 10.1 Å². The standard InChI is InChI=1S/C18H13Cl2N3O2S/c1-2-9-22-17(12-3-6-14(7-4-12)23(24)25)11-26-18(22)21-16-8-5-13(19)10-15(16)20/h2-8,10-11H,1,9H2. The Morgan fingerprint density at radius 1 is 1.23 bits per heavy atom. The Balaban J connectivity index is 2.10. The van der Waals surface area contributed by atoms with E-state index >= 15 is 0 Å². The molecule has 0 fully saturated rings. The van der Waals surface area contributed by atoms with Gasteiger partial charge >= 0.3 is 0 Å². The number of nitro groups is 1. The predicted octanol–water partition coefficient (Wildman–Crippen LogP) is 5.85. The van der Waals surface area contributed by atoms with Gasteiger partial charge in [0.05, 0.1) is 21.3 Å². The van der Waals surface area contributed by atoms with Crippen LogP contribution in [0.3, 0.4) is 0 Å². The number of allylic oxidation sites excluding steroid dienone is 1. The molecular formula is C18H13Cl2N3O2S. The van der Waals surface area contributed by atoms with Crippen LogP contribution in [0.5, 0.6) is 0 Å². The summed E-state index contributed by atoms with van der Waals surface area (Å²) < 4.78 is 1.98. The third-order valence-corrected chi connectivity index (χ3v) is 5.01. The molecule has 1 heterocycles. The van der Waals surface area contributed by atoms with Gasteiger partial charge in [0.2, 0.25) is 0 Å². The van der Waals surface area contributed by atoms with Crippen LogP contribution >= 0.6 is 34.5 Å². The highest BCUT2D eigenvalue weighted by molar-refractivity contribution is 7.07. The summed E-state index contributed by atoms with van der Waals surface area (Å²) in [6.07, 6.45) is 1.77. The Hall–Kier alpha value is -2.41. The fourth-order valence-corrected chi connectivity index (χ4v) is 3.77. The summed E-state index contributed by atoms with van der Waals surface area (Å²) in [5.74, 6) is 0. The van der Waals surface area contributed by atoms with Crippen LogP contribution in [0.1, 0.15) is 0 Å². The van der Waals surface area contributed by atoms with Crippen molar-refractivity contribution in [1.29, 1.82) is 0 Å². The third kappa shape index (κ3) is 3.88. The number of aromatic nitrogens is 1. The van der Waals surface area contributed by atoms with Crippen molar-refractivity contribution in [2.75, 3.05) is 0 Å². The summed E-state index contributed by atoms with van der Waals surface area (Å²) in [6, 6.07) is 11.5. The van der Waals surface area contributed by atoms with Crippen LogP contribution in [-0.4, -0.2) is 9.49 Å². The molecule has 8 heteroatoms. The molecule has 3 rings (SSSR count). The van der Waals surface area contributed by atoms with Gasteiger partial charge in [-0.3, -0.25) is 10.1 Å². The topological polar surface area (TPSA) is 60.4 Å². The van der Waals surface area contributed by atoms with Crippen molar-refractivity contribution >= 4 is 45.9 Å². The molecule has 0 spiro atoms. The van der Waals surface area contributed by atoms with Gasteiger partial charge in [0, 0.05) is 29.1 Å². The van der Waals surface area contributed by atoms with E-state index in [9.17, 15) is 10.1 Å². The average molecular weight is 406 g/mol. The lowest BCUT2D eigenvalue weighted by Gasteiger charge is -2.07. The van der Waals surface area contributed by atoms with Gasteiger partial charge in [0.25, 0.3) is 5.69 Å². The number of non-ortho nitro benzene ring substituents is 1. The van der Waals surface area contributed by atoms with Crippen LogP contribution in [0.2, 0.25) is 10.0 Å². The minimum absolute atomic E-state index is 0.0529. The average Bonchev–Trinajstić information content (AvgIpc) is 3.00. The molecule has 0 unspecified atom stereocenters. The smallest absolute Gasteiger partial charge is 0.269 e. The lowest BCUT2D eigenvalue weighted by molar-refractivity contribution is -0.384. The summed E-state index contributed by atoms with van der Waals surface area (Å²) in [5, 5.41) is 13.8. The zero-order valence-corrected chi connectivity index (χ0v) is 15.8. The number of hydrogen-bond acceptors (Lipinski definition) is 4. The molecule has 3 aromatic rings. The highest BCUT2D eigenvalue weighted by atomic mass is 35.5. The van der Waals surface area contributed by atoms with E-state index in [-0.39, 0.29) is 5.69 Å². The third-order valence-electron chi connectivity index (χ3n) is 3.61. The molecule has 0 radical (unpaired) electrons. The van der Waals surface area contributed by atoms with E-state index in [0.717, 1.165) is 16.1 Å². The van der Waals surface area contributed by atoms with E-state index in [1.54, 1.807) is 36.4 Å². The molecule has 0 bridgehead atoms. The number of hydrogen-bond donors (Lipinski definition) is 0. The molecule has 1 aromatic heterocycles. The van der Waals surface area contributed by atoms with Crippen molar-refractivity contribution in [2.24, 2.45) is 4.99 Å². The van der Waals surface area contributed by atoms with Crippen LogP contribution in [-0.2, 0) is 6.54 Å². The van der Waals surface area contributed by atoms with Gasteiger partial charge in [-0.05, 0) is 35.9 Å². The fourth-order valence-electron chi connectivity index (χ4n) is 2.38. The first-order valence-corrected chi connectivity index (χ1v) is 9.17. The molecule has 0 aliphatic rings. The summed E-state index contributed by atoms with van der Waals surface area (Å²) in [7, 11) is 0. The maximum absolute atomic E-state index is 10.8.